The second-order valence-electron chi connectivity index (χ2n) is 5.78. The Labute approximate surface area is 118 Å². The molecule has 2 amide bonds. The monoisotopic (exact) mass is 281 g/mol. The summed E-state index contributed by atoms with van der Waals surface area (Å²) in [6, 6.07) is 0. The number of nitrogen functional groups attached to an aromatic ring is 1. The van der Waals surface area contributed by atoms with Crippen molar-refractivity contribution in [3.63, 3.8) is 0 Å². The highest BCUT2D eigenvalue weighted by Crippen LogP contribution is 2.14. The summed E-state index contributed by atoms with van der Waals surface area (Å²) in [6.07, 6.45) is 0.222. The Hall–Kier alpha value is -2.05. The number of anilines is 1. The molecule has 0 aromatic carbocycles. The zero-order chi connectivity index (χ0) is 15.5. The van der Waals surface area contributed by atoms with E-state index in [4.69, 9.17) is 5.73 Å². The Morgan fingerprint density at radius 3 is 2.40 bits per heavy atom. The van der Waals surface area contributed by atoms with Gasteiger partial charge in [-0.25, -0.2) is 0 Å². The molecule has 1 heterocycles. The van der Waals surface area contributed by atoms with Crippen LogP contribution in [-0.4, -0.2) is 33.7 Å². The summed E-state index contributed by atoms with van der Waals surface area (Å²) in [6.45, 7) is 7.71. The quantitative estimate of drug-likeness (QED) is 0.740. The molecular weight excluding hydrogens is 258 g/mol. The Balaban J connectivity index is 2.51. The van der Waals surface area contributed by atoms with Crippen LogP contribution in [0.15, 0.2) is 0 Å². The molecule has 0 atom stereocenters. The minimum atomic E-state index is -0.325. The number of nitrogens with zero attached hydrogens (tertiary/aromatic N) is 2. The van der Waals surface area contributed by atoms with Crippen molar-refractivity contribution in [2.75, 3.05) is 12.3 Å². The van der Waals surface area contributed by atoms with Crippen LogP contribution >= 0.6 is 0 Å². The van der Waals surface area contributed by atoms with Gasteiger partial charge in [0.25, 0.3) is 5.91 Å². The van der Waals surface area contributed by atoms with E-state index in [0.717, 1.165) is 0 Å². The van der Waals surface area contributed by atoms with Crippen molar-refractivity contribution in [2.24, 2.45) is 7.05 Å². The predicted molar refractivity (Wildman–Crippen MR) is 77.2 cm³/mol. The van der Waals surface area contributed by atoms with Crippen molar-refractivity contribution >= 4 is 17.5 Å². The van der Waals surface area contributed by atoms with Crippen molar-refractivity contribution in [2.45, 2.75) is 39.7 Å². The van der Waals surface area contributed by atoms with Gasteiger partial charge in [-0.15, -0.1) is 0 Å². The third kappa shape index (κ3) is 4.25. The maximum atomic E-state index is 12.0. The molecule has 7 heteroatoms. The van der Waals surface area contributed by atoms with Gasteiger partial charge in [0.2, 0.25) is 5.91 Å². The number of carbonyl (C=O) groups excluding carboxylic acids is 2. The van der Waals surface area contributed by atoms with Crippen molar-refractivity contribution in [1.29, 1.82) is 0 Å². The molecule has 0 saturated carbocycles. The van der Waals surface area contributed by atoms with Crippen LogP contribution in [0.1, 0.15) is 43.4 Å². The first-order valence-corrected chi connectivity index (χ1v) is 6.50. The molecule has 20 heavy (non-hydrogen) atoms. The summed E-state index contributed by atoms with van der Waals surface area (Å²) in [5, 5.41) is 9.57. The molecule has 0 aliphatic rings. The molecular formula is C13H23N5O2. The zero-order valence-electron chi connectivity index (χ0n) is 12.7. The molecule has 0 spiro atoms. The second kappa shape index (κ2) is 5.94. The molecule has 7 nitrogen and oxygen atoms in total. The zero-order valence-corrected chi connectivity index (χ0v) is 12.7. The molecule has 0 bridgehead atoms. The molecule has 1 rings (SSSR count). The minimum Gasteiger partial charge on any atom is -0.395 e. The van der Waals surface area contributed by atoms with E-state index >= 15 is 0 Å². The van der Waals surface area contributed by atoms with Gasteiger partial charge in [-0.3, -0.25) is 14.3 Å². The van der Waals surface area contributed by atoms with Crippen LogP contribution in [0.5, 0.6) is 0 Å². The van der Waals surface area contributed by atoms with Gasteiger partial charge < -0.3 is 16.4 Å². The number of aryl methyl sites for hydroxylation is 2. The van der Waals surface area contributed by atoms with Gasteiger partial charge in [-0.2, -0.15) is 5.10 Å². The van der Waals surface area contributed by atoms with Crippen molar-refractivity contribution in [3.05, 3.63) is 11.4 Å². The number of hydrogen-bond acceptors (Lipinski definition) is 4. The van der Waals surface area contributed by atoms with Crippen molar-refractivity contribution in [3.8, 4) is 0 Å². The highest BCUT2D eigenvalue weighted by molar-refractivity contribution is 5.98. The summed E-state index contributed by atoms with van der Waals surface area (Å²) in [5.41, 5.74) is 6.82. The molecule has 4 N–H and O–H groups in total. The fourth-order valence-electron chi connectivity index (χ4n) is 1.80. The number of rotatable bonds is 4. The normalized spacial score (nSPS) is 11.2. The Kier molecular flexibility index (Phi) is 4.75. The topological polar surface area (TPSA) is 102 Å². The molecule has 1 aromatic heterocycles. The average molecular weight is 281 g/mol. The standard InChI is InChI=1S/C13H23N5O2/c1-8-10(14)11(18(5)17-8)12(20)15-7-6-9(19)16-13(2,3)4/h6-7,14H2,1-5H3,(H,15,20)(H,16,19). The van der Waals surface area contributed by atoms with E-state index < -0.39 is 0 Å². The number of nitrogens with one attached hydrogen (secondary N) is 2. The predicted octanol–water partition coefficient (Wildman–Crippen LogP) is 0.345. The number of amides is 2. The number of hydrogen-bond donors (Lipinski definition) is 3. The molecule has 0 aliphatic carbocycles. The average Bonchev–Trinajstić information content (AvgIpc) is 2.50. The largest absolute Gasteiger partial charge is 0.395 e. The van der Waals surface area contributed by atoms with Crippen molar-refractivity contribution < 1.29 is 9.59 Å². The number of aromatic nitrogens is 2. The Morgan fingerprint density at radius 1 is 1.35 bits per heavy atom. The van der Waals surface area contributed by atoms with Gasteiger partial charge in [0.1, 0.15) is 5.69 Å². The number of carbonyl (C=O) groups is 2. The third-order valence-corrected chi connectivity index (χ3v) is 2.64. The van der Waals surface area contributed by atoms with E-state index in [0.29, 0.717) is 17.1 Å². The van der Waals surface area contributed by atoms with E-state index in [1.165, 1.54) is 4.68 Å². The van der Waals surface area contributed by atoms with Crippen LogP contribution in [0.4, 0.5) is 5.69 Å². The van der Waals surface area contributed by atoms with Crippen LogP contribution < -0.4 is 16.4 Å². The molecule has 0 unspecified atom stereocenters. The van der Waals surface area contributed by atoms with E-state index in [9.17, 15) is 9.59 Å². The maximum absolute atomic E-state index is 12.0. The van der Waals surface area contributed by atoms with Crippen LogP contribution in [0, 0.1) is 6.92 Å². The van der Waals surface area contributed by atoms with E-state index in [-0.39, 0.29) is 30.3 Å². The van der Waals surface area contributed by atoms with Crippen LogP contribution in [0.25, 0.3) is 0 Å². The lowest BCUT2D eigenvalue weighted by Crippen LogP contribution is -2.42. The smallest absolute Gasteiger partial charge is 0.271 e. The third-order valence-electron chi connectivity index (χ3n) is 2.64. The van der Waals surface area contributed by atoms with Gasteiger partial charge in [0.15, 0.2) is 0 Å². The lowest BCUT2D eigenvalue weighted by Gasteiger charge is -2.20. The summed E-state index contributed by atoms with van der Waals surface area (Å²) in [7, 11) is 1.66. The van der Waals surface area contributed by atoms with E-state index in [1.54, 1.807) is 14.0 Å². The Morgan fingerprint density at radius 2 is 1.95 bits per heavy atom. The molecule has 0 saturated heterocycles. The second-order valence-corrected chi connectivity index (χ2v) is 5.78. The summed E-state index contributed by atoms with van der Waals surface area (Å²) < 4.78 is 1.44. The SMILES string of the molecule is Cc1nn(C)c(C(=O)NCCC(=O)NC(C)(C)C)c1N. The molecule has 0 aliphatic heterocycles. The first-order chi connectivity index (χ1) is 9.11. The molecule has 0 radical (unpaired) electrons. The highest BCUT2D eigenvalue weighted by Gasteiger charge is 2.18. The van der Waals surface area contributed by atoms with Gasteiger partial charge in [0, 0.05) is 25.6 Å². The van der Waals surface area contributed by atoms with Crippen LogP contribution in [0.3, 0.4) is 0 Å². The van der Waals surface area contributed by atoms with Crippen LogP contribution in [0.2, 0.25) is 0 Å². The molecule has 0 fully saturated rings. The summed E-state index contributed by atoms with van der Waals surface area (Å²) >= 11 is 0. The van der Waals surface area contributed by atoms with Gasteiger partial charge in [-0.1, -0.05) is 0 Å². The summed E-state index contributed by atoms with van der Waals surface area (Å²) in [5.74, 6) is -0.430. The van der Waals surface area contributed by atoms with Gasteiger partial charge >= 0.3 is 0 Å². The minimum absolute atomic E-state index is 0.105. The van der Waals surface area contributed by atoms with Gasteiger partial charge in [0.05, 0.1) is 11.4 Å². The lowest BCUT2D eigenvalue weighted by atomic mass is 10.1. The van der Waals surface area contributed by atoms with E-state index in [1.807, 2.05) is 20.8 Å². The number of nitrogens with two attached hydrogens (primary N) is 1. The van der Waals surface area contributed by atoms with Crippen LogP contribution in [-0.2, 0) is 11.8 Å². The first-order valence-electron chi connectivity index (χ1n) is 6.50. The lowest BCUT2D eigenvalue weighted by molar-refractivity contribution is -0.122. The summed E-state index contributed by atoms with van der Waals surface area (Å²) in [4.78, 5) is 23.6. The maximum Gasteiger partial charge on any atom is 0.271 e. The van der Waals surface area contributed by atoms with Gasteiger partial charge in [-0.05, 0) is 27.7 Å². The highest BCUT2D eigenvalue weighted by atomic mass is 16.2. The fraction of sp³-hybridized carbons (Fsp3) is 0.615. The van der Waals surface area contributed by atoms with E-state index in [2.05, 4.69) is 15.7 Å². The Bertz CT molecular complexity index is 514. The molecule has 1 aromatic rings. The van der Waals surface area contributed by atoms with Crippen molar-refractivity contribution in [1.82, 2.24) is 20.4 Å². The molecule has 112 valence electrons. The fourth-order valence-corrected chi connectivity index (χ4v) is 1.80. The first kappa shape index (κ1) is 16.0.